The number of ether oxygens (including phenoxy) is 1. The maximum Gasteiger partial charge on any atom is 0.322 e. The first-order valence-corrected chi connectivity index (χ1v) is 9.88. The summed E-state index contributed by atoms with van der Waals surface area (Å²) in [6.07, 6.45) is -0.672. The molecule has 3 rings (SSSR count). The summed E-state index contributed by atoms with van der Waals surface area (Å²) in [5, 5.41) is 13.4. The van der Waals surface area contributed by atoms with E-state index in [0.717, 1.165) is 0 Å². The number of hydrogen-bond donors (Lipinski definition) is 4. The van der Waals surface area contributed by atoms with Gasteiger partial charge in [0, 0.05) is 11.3 Å². The second kappa shape index (κ2) is 7.80. The summed E-state index contributed by atoms with van der Waals surface area (Å²) >= 11 is 0. The zero-order valence-corrected chi connectivity index (χ0v) is 15.9. The third-order valence-electron chi connectivity index (χ3n) is 3.99. The Morgan fingerprint density at radius 1 is 1.17 bits per heavy atom. The fraction of sp³-hybridized carbons (Fsp3) is 0.167. The zero-order valence-electron chi connectivity index (χ0n) is 15.1. The third-order valence-corrected chi connectivity index (χ3v) is 5.37. The van der Waals surface area contributed by atoms with Gasteiger partial charge in [-0.1, -0.05) is 0 Å². The van der Waals surface area contributed by atoms with Gasteiger partial charge in [-0.2, -0.15) is 0 Å². The molecule has 10 nitrogen and oxygen atoms in total. The van der Waals surface area contributed by atoms with Gasteiger partial charge < -0.3 is 20.5 Å². The number of fused-ring (bicyclic) bond motifs is 1. The number of carboxylic acids is 1. The van der Waals surface area contributed by atoms with Crippen LogP contribution in [-0.2, 0) is 19.6 Å². The van der Waals surface area contributed by atoms with Crippen molar-refractivity contribution in [3.8, 4) is 5.75 Å². The van der Waals surface area contributed by atoms with E-state index >= 15 is 0 Å². The van der Waals surface area contributed by atoms with Gasteiger partial charge >= 0.3 is 5.97 Å². The van der Waals surface area contributed by atoms with Gasteiger partial charge in [0.15, 0.2) is 6.10 Å². The molecule has 0 saturated carbocycles. The van der Waals surface area contributed by atoms with Crippen molar-refractivity contribution in [2.24, 2.45) is 0 Å². The Kier molecular flexibility index (Phi) is 5.41. The van der Waals surface area contributed by atoms with Gasteiger partial charge in [-0.3, -0.25) is 19.1 Å². The molecule has 0 saturated heterocycles. The highest BCUT2D eigenvalue weighted by Crippen LogP contribution is 2.32. The first-order valence-electron chi connectivity index (χ1n) is 8.40. The van der Waals surface area contributed by atoms with Crippen molar-refractivity contribution < 1.29 is 32.6 Å². The molecule has 1 unspecified atom stereocenters. The smallest absolute Gasteiger partial charge is 0.322 e. The molecule has 4 N–H and O–H groups in total. The third kappa shape index (κ3) is 4.63. The second-order valence-corrected chi connectivity index (χ2v) is 7.85. The number of amides is 2. The molecule has 0 fully saturated rings. The number of hydrogen-bond acceptors (Lipinski definition) is 6. The molecule has 1 aliphatic heterocycles. The lowest BCUT2D eigenvalue weighted by Gasteiger charge is -2.23. The van der Waals surface area contributed by atoms with Crippen LogP contribution in [0.2, 0.25) is 0 Å². The van der Waals surface area contributed by atoms with E-state index in [0.29, 0.717) is 5.75 Å². The van der Waals surface area contributed by atoms with Crippen molar-refractivity contribution in [1.82, 2.24) is 5.32 Å². The molecule has 0 spiro atoms. The number of benzene rings is 2. The van der Waals surface area contributed by atoms with Gasteiger partial charge in [-0.25, -0.2) is 8.42 Å². The topological polar surface area (TPSA) is 151 Å². The normalized spacial score (nSPS) is 15.5. The number of carbonyl (C=O) groups is 3. The van der Waals surface area contributed by atoms with Crippen LogP contribution in [0.1, 0.15) is 17.3 Å². The zero-order chi connectivity index (χ0) is 21.2. The van der Waals surface area contributed by atoms with E-state index in [4.69, 9.17) is 9.84 Å². The van der Waals surface area contributed by atoms with Gasteiger partial charge in [-0.05, 0) is 49.4 Å². The van der Waals surface area contributed by atoms with E-state index in [9.17, 15) is 22.8 Å². The van der Waals surface area contributed by atoms with Crippen molar-refractivity contribution >= 4 is 39.2 Å². The first-order chi connectivity index (χ1) is 13.7. The molecular formula is C18H17N3O7S. The lowest BCUT2D eigenvalue weighted by molar-refractivity contribution is -0.135. The fourth-order valence-electron chi connectivity index (χ4n) is 2.52. The molecule has 11 heteroatoms. The minimum absolute atomic E-state index is 0.0852. The number of anilines is 2. The SMILES string of the molecule is CC1Oc2ccc(S(=O)(=O)Nc3ccc(C(=O)NCC(=O)O)cc3)cc2NC1=O. The molecule has 0 aromatic heterocycles. The first kappa shape index (κ1) is 20.1. The number of rotatable bonds is 6. The summed E-state index contributed by atoms with van der Waals surface area (Å²) in [6, 6.07) is 9.55. The average Bonchev–Trinajstić information content (AvgIpc) is 2.67. The lowest BCUT2D eigenvalue weighted by atomic mass is 10.2. The van der Waals surface area contributed by atoms with Gasteiger partial charge in [0.25, 0.3) is 21.8 Å². The van der Waals surface area contributed by atoms with E-state index in [1.807, 2.05) is 0 Å². The highest BCUT2D eigenvalue weighted by molar-refractivity contribution is 7.92. The predicted molar refractivity (Wildman–Crippen MR) is 102 cm³/mol. The van der Waals surface area contributed by atoms with Crippen LogP contribution in [0, 0.1) is 0 Å². The van der Waals surface area contributed by atoms with Crippen LogP contribution < -0.4 is 20.1 Å². The molecule has 29 heavy (non-hydrogen) atoms. The minimum atomic E-state index is -3.97. The van der Waals surface area contributed by atoms with Crippen LogP contribution in [0.15, 0.2) is 47.4 Å². The van der Waals surface area contributed by atoms with Crippen LogP contribution in [0.4, 0.5) is 11.4 Å². The van der Waals surface area contributed by atoms with Crippen LogP contribution >= 0.6 is 0 Å². The maximum atomic E-state index is 12.6. The van der Waals surface area contributed by atoms with Crippen LogP contribution in [0.25, 0.3) is 0 Å². The van der Waals surface area contributed by atoms with E-state index in [1.165, 1.54) is 42.5 Å². The van der Waals surface area contributed by atoms with Crippen molar-refractivity contribution in [2.45, 2.75) is 17.9 Å². The van der Waals surface area contributed by atoms with Crippen molar-refractivity contribution in [1.29, 1.82) is 0 Å². The summed E-state index contributed by atoms with van der Waals surface area (Å²) in [6.45, 7) is 1.06. The largest absolute Gasteiger partial charge is 0.480 e. The Labute approximate surface area is 165 Å². The molecule has 2 aromatic rings. The van der Waals surface area contributed by atoms with Crippen LogP contribution in [0.3, 0.4) is 0 Å². The van der Waals surface area contributed by atoms with E-state index < -0.39 is 34.5 Å². The molecule has 152 valence electrons. The van der Waals surface area contributed by atoms with Gasteiger partial charge in [0.05, 0.1) is 10.6 Å². The molecule has 0 radical (unpaired) electrons. The number of carboxylic acid groups (broad SMARTS) is 1. The minimum Gasteiger partial charge on any atom is -0.480 e. The predicted octanol–water partition coefficient (Wildman–Crippen LogP) is 1.02. The standard InChI is InChI=1S/C18H17N3O7S/c1-10-17(24)20-14-8-13(6-7-15(14)28-10)29(26,27)21-12-4-2-11(3-5-12)18(25)19-9-16(22)23/h2-8,10,21H,9H2,1H3,(H,19,25)(H,20,24)(H,22,23). The summed E-state index contributed by atoms with van der Waals surface area (Å²) in [5.74, 6) is -1.78. The fourth-order valence-corrected chi connectivity index (χ4v) is 3.60. The van der Waals surface area contributed by atoms with Gasteiger partial charge in [0.1, 0.15) is 12.3 Å². The number of carbonyl (C=O) groups excluding carboxylic acids is 2. The molecule has 1 atom stereocenters. The monoisotopic (exact) mass is 419 g/mol. The lowest BCUT2D eigenvalue weighted by Crippen LogP contribution is -2.34. The highest BCUT2D eigenvalue weighted by Gasteiger charge is 2.25. The number of aliphatic carboxylic acids is 1. The Hall–Kier alpha value is -3.60. The van der Waals surface area contributed by atoms with Crippen molar-refractivity contribution in [2.75, 3.05) is 16.6 Å². The van der Waals surface area contributed by atoms with E-state index in [-0.39, 0.29) is 27.7 Å². The van der Waals surface area contributed by atoms with Crippen molar-refractivity contribution in [3.63, 3.8) is 0 Å². The Balaban J connectivity index is 1.74. The highest BCUT2D eigenvalue weighted by atomic mass is 32.2. The van der Waals surface area contributed by atoms with E-state index in [1.54, 1.807) is 6.92 Å². The second-order valence-electron chi connectivity index (χ2n) is 6.17. The quantitative estimate of drug-likeness (QED) is 0.546. The number of sulfonamides is 1. The molecule has 1 aliphatic rings. The summed E-state index contributed by atoms with van der Waals surface area (Å²) < 4.78 is 33.0. The molecule has 2 aromatic carbocycles. The molecule has 0 aliphatic carbocycles. The number of nitrogens with one attached hydrogen (secondary N) is 3. The van der Waals surface area contributed by atoms with Crippen LogP contribution in [0.5, 0.6) is 5.75 Å². The average molecular weight is 419 g/mol. The Morgan fingerprint density at radius 3 is 2.52 bits per heavy atom. The van der Waals surface area contributed by atoms with Crippen molar-refractivity contribution in [3.05, 3.63) is 48.0 Å². The Morgan fingerprint density at radius 2 is 1.86 bits per heavy atom. The summed E-state index contributed by atoms with van der Waals surface area (Å²) in [7, 11) is -3.97. The summed E-state index contributed by atoms with van der Waals surface area (Å²) in [5.41, 5.74) is 0.629. The molecule has 2 amide bonds. The molecule has 1 heterocycles. The van der Waals surface area contributed by atoms with Crippen LogP contribution in [-0.4, -0.2) is 44.0 Å². The summed E-state index contributed by atoms with van der Waals surface area (Å²) in [4.78, 5) is 33.9. The Bertz CT molecular complexity index is 1080. The molecule has 0 bridgehead atoms. The van der Waals surface area contributed by atoms with E-state index in [2.05, 4.69) is 15.4 Å². The molecular weight excluding hydrogens is 402 g/mol. The van der Waals surface area contributed by atoms with Gasteiger partial charge in [0.2, 0.25) is 0 Å². The maximum absolute atomic E-state index is 12.6. The van der Waals surface area contributed by atoms with Gasteiger partial charge in [-0.15, -0.1) is 0 Å².